The van der Waals surface area contributed by atoms with Crippen molar-refractivity contribution in [2.75, 3.05) is 0 Å². The van der Waals surface area contributed by atoms with Gasteiger partial charge in [0, 0.05) is 11.6 Å². The van der Waals surface area contributed by atoms with Crippen molar-refractivity contribution in [3.05, 3.63) is 34.2 Å². The molecule has 0 aliphatic heterocycles. The summed E-state index contributed by atoms with van der Waals surface area (Å²) in [5.74, 6) is -2.48. The molecule has 1 aromatic carbocycles. The van der Waals surface area contributed by atoms with Gasteiger partial charge < -0.3 is 10.1 Å². The summed E-state index contributed by atoms with van der Waals surface area (Å²) in [6, 6.07) is 4.69. The largest absolute Gasteiger partial charge is 0.475 e. The van der Waals surface area contributed by atoms with Crippen molar-refractivity contribution >= 4 is 22.8 Å². The number of aromatic nitrogens is 2. The van der Waals surface area contributed by atoms with Gasteiger partial charge in [0.05, 0.1) is 11.0 Å². The summed E-state index contributed by atoms with van der Waals surface area (Å²) in [5, 5.41) is 8.64. The molecule has 2 N–H and O–H groups in total. The maximum Gasteiger partial charge on any atom is 0.377 e. The SMILES string of the molecule is O=C(O)C(=O)c1ccc2c(c1)[nH]c(=O)n2C1CC1. The Morgan fingerprint density at radius 2 is 2.06 bits per heavy atom. The summed E-state index contributed by atoms with van der Waals surface area (Å²) in [4.78, 5) is 36.3. The molecule has 1 saturated carbocycles. The van der Waals surface area contributed by atoms with E-state index in [1.54, 1.807) is 10.6 Å². The predicted molar refractivity (Wildman–Crippen MR) is 62.8 cm³/mol. The molecule has 1 heterocycles. The molecule has 18 heavy (non-hydrogen) atoms. The molecule has 3 rings (SSSR count). The minimum atomic E-state index is -1.50. The number of carboxylic acids is 1. The van der Waals surface area contributed by atoms with Gasteiger partial charge in [-0.2, -0.15) is 0 Å². The van der Waals surface area contributed by atoms with E-state index in [2.05, 4.69) is 4.98 Å². The Balaban J connectivity index is 2.17. The van der Waals surface area contributed by atoms with Crippen LogP contribution in [0.4, 0.5) is 0 Å². The molecule has 0 spiro atoms. The third-order valence-corrected chi connectivity index (χ3v) is 3.08. The van der Waals surface area contributed by atoms with Gasteiger partial charge in [0.25, 0.3) is 5.78 Å². The van der Waals surface area contributed by atoms with Crippen LogP contribution < -0.4 is 5.69 Å². The molecule has 0 unspecified atom stereocenters. The summed E-state index contributed by atoms with van der Waals surface area (Å²) in [5.41, 5.74) is 1.06. The second-order valence-electron chi connectivity index (χ2n) is 4.40. The number of aliphatic carboxylic acids is 1. The van der Waals surface area contributed by atoms with Gasteiger partial charge in [0.15, 0.2) is 0 Å². The van der Waals surface area contributed by atoms with E-state index in [0.29, 0.717) is 11.0 Å². The Bertz CT molecular complexity index is 721. The molecule has 6 heteroatoms. The van der Waals surface area contributed by atoms with Crippen molar-refractivity contribution in [3.8, 4) is 0 Å². The van der Waals surface area contributed by atoms with Crippen molar-refractivity contribution < 1.29 is 14.7 Å². The van der Waals surface area contributed by atoms with Crippen LogP contribution in [0.1, 0.15) is 29.2 Å². The van der Waals surface area contributed by atoms with Gasteiger partial charge in [-0.1, -0.05) is 0 Å². The number of hydrogen-bond donors (Lipinski definition) is 2. The number of H-pyrrole nitrogens is 1. The average molecular weight is 246 g/mol. The van der Waals surface area contributed by atoms with Crippen LogP contribution in [0.5, 0.6) is 0 Å². The fourth-order valence-electron chi connectivity index (χ4n) is 2.09. The number of benzene rings is 1. The van der Waals surface area contributed by atoms with Gasteiger partial charge in [0.2, 0.25) is 0 Å². The first-order valence-electron chi connectivity index (χ1n) is 5.60. The number of Topliss-reactive ketones (excluding diaryl/α,β-unsaturated/α-hetero) is 1. The highest BCUT2D eigenvalue weighted by atomic mass is 16.4. The topological polar surface area (TPSA) is 92.2 Å². The Morgan fingerprint density at radius 1 is 1.33 bits per heavy atom. The maximum atomic E-state index is 11.7. The number of nitrogens with one attached hydrogen (secondary N) is 1. The number of imidazole rings is 1. The molecule has 1 fully saturated rings. The fraction of sp³-hybridized carbons (Fsp3) is 0.250. The minimum Gasteiger partial charge on any atom is -0.475 e. The fourth-order valence-corrected chi connectivity index (χ4v) is 2.09. The van der Waals surface area contributed by atoms with E-state index in [0.717, 1.165) is 12.8 Å². The zero-order valence-electron chi connectivity index (χ0n) is 9.34. The Kier molecular flexibility index (Phi) is 2.13. The second-order valence-corrected chi connectivity index (χ2v) is 4.40. The van der Waals surface area contributed by atoms with E-state index in [1.807, 2.05) is 0 Å². The molecule has 1 aromatic heterocycles. The van der Waals surface area contributed by atoms with Gasteiger partial charge in [-0.15, -0.1) is 0 Å². The molecule has 2 aromatic rings. The number of fused-ring (bicyclic) bond motifs is 1. The molecular formula is C12H10N2O4. The lowest BCUT2D eigenvalue weighted by molar-refractivity contribution is -0.131. The number of carboxylic acid groups (broad SMARTS) is 1. The number of rotatable bonds is 3. The van der Waals surface area contributed by atoms with Gasteiger partial charge in [-0.05, 0) is 31.0 Å². The van der Waals surface area contributed by atoms with E-state index in [9.17, 15) is 14.4 Å². The molecule has 0 atom stereocenters. The quantitative estimate of drug-likeness (QED) is 0.622. The molecule has 1 aliphatic rings. The Labute approximate surface area is 101 Å². The predicted octanol–water partition coefficient (Wildman–Crippen LogP) is 0.932. The number of nitrogens with zero attached hydrogens (tertiary/aromatic N) is 1. The van der Waals surface area contributed by atoms with E-state index in [1.165, 1.54) is 12.1 Å². The zero-order valence-corrected chi connectivity index (χ0v) is 9.34. The van der Waals surface area contributed by atoms with Crippen LogP contribution in [0.15, 0.2) is 23.0 Å². The van der Waals surface area contributed by atoms with Gasteiger partial charge in [-0.25, -0.2) is 9.59 Å². The summed E-state index contributed by atoms with van der Waals surface area (Å²) < 4.78 is 1.66. The number of aromatic amines is 1. The minimum absolute atomic E-state index is 0.0687. The van der Waals surface area contributed by atoms with E-state index < -0.39 is 11.8 Å². The summed E-state index contributed by atoms with van der Waals surface area (Å²) in [6.45, 7) is 0. The normalized spacial score (nSPS) is 14.9. The zero-order chi connectivity index (χ0) is 12.9. The third-order valence-electron chi connectivity index (χ3n) is 3.08. The van der Waals surface area contributed by atoms with Crippen molar-refractivity contribution in [2.45, 2.75) is 18.9 Å². The number of ketones is 1. The van der Waals surface area contributed by atoms with Crippen LogP contribution in [0, 0.1) is 0 Å². The number of hydrogen-bond acceptors (Lipinski definition) is 3. The molecule has 1 aliphatic carbocycles. The average Bonchev–Trinajstić information content (AvgIpc) is 3.10. The number of carbonyl (C=O) groups excluding carboxylic acids is 1. The molecule has 0 radical (unpaired) electrons. The molecule has 6 nitrogen and oxygen atoms in total. The van der Waals surface area contributed by atoms with E-state index >= 15 is 0 Å². The molecule has 0 amide bonds. The van der Waals surface area contributed by atoms with Crippen molar-refractivity contribution in [3.63, 3.8) is 0 Å². The first-order valence-corrected chi connectivity index (χ1v) is 5.60. The van der Waals surface area contributed by atoms with Crippen LogP contribution in [0.3, 0.4) is 0 Å². The van der Waals surface area contributed by atoms with Crippen LogP contribution >= 0.6 is 0 Å². The van der Waals surface area contributed by atoms with Crippen molar-refractivity contribution in [1.82, 2.24) is 9.55 Å². The summed E-state index contributed by atoms with van der Waals surface area (Å²) in [7, 11) is 0. The highest BCUT2D eigenvalue weighted by Crippen LogP contribution is 2.35. The lowest BCUT2D eigenvalue weighted by atomic mass is 10.1. The van der Waals surface area contributed by atoms with Gasteiger partial charge in [-0.3, -0.25) is 9.36 Å². The molecular weight excluding hydrogens is 236 g/mol. The standard InChI is InChI=1S/C12H10N2O4/c15-10(11(16)17)6-1-4-9-8(5-6)13-12(18)14(9)7-2-3-7/h1,4-5,7H,2-3H2,(H,13,18)(H,16,17). The highest BCUT2D eigenvalue weighted by Gasteiger charge is 2.27. The molecule has 0 saturated heterocycles. The third kappa shape index (κ3) is 1.54. The van der Waals surface area contributed by atoms with Crippen LogP contribution in [-0.2, 0) is 4.79 Å². The lowest BCUT2D eigenvalue weighted by Crippen LogP contribution is -2.14. The Hall–Kier alpha value is -2.37. The first kappa shape index (κ1) is 10.8. The van der Waals surface area contributed by atoms with Gasteiger partial charge >= 0.3 is 11.7 Å². The second kappa shape index (κ2) is 3.56. The van der Waals surface area contributed by atoms with E-state index in [4.69, 9.17) is 5.11 Å². The molecule has 92 valence electrons. The first-order chi connectivity index (χ1) is 8.58. The Morgan fingerprint density at radius 3 is 2.67 bits per heavy atom. The summed E-state index contributed by atoms with van der Waals surface area (Å²) >= 11 is 0. The number of carbonyl (C=O) groups is 2. The van der Waals surface area contributed by atoms with E-state index in [-0.39, 0.29) is 17.3 Å². The molecule has 0 bridgehead atoms. The van der Waals surface area contributed by atoms with Gasteiger partial charge in [0.1, 0.15) is 0 Å². The smallest absolute Gasteiger partial charge is 0.377 e. The highest BCUT2D eigenvalue weighted by molar-refractivity contribution is 6.40. The monoisotopic (exact) mass is 246 g/mol. The summed E-state index contributed by atoms with van der Waals surface area (Å²) in [6.07, 6.45) is 1.95. The van der Waals surface area contributed by atoms with Crippen molar-refractivity contribution in [2.24, 2.45) is 0 Å². The maximum absolute atomic E-state index is 11.7. The van der Waals surface area contributed by atoms with Crippen LogP contribution in [-0.4, -0.2) is 26.4 Å². The lowest BCUT2D eigenvalue weighted by Gasteiger charge is -2.00. The van der Waals surface area contributed by atoms with Crippen molar-refractivity contribution in [1.29, 1.82) is 0 Å². The van der Waals surface area contributed by atoms with Crippen LogP contribution in [0.2, 0.25) is 0 Å². The van der Waals surface area contributed by atoms with Crippen LogP contribution in [0.25, 0.3) is 11.0 Å².